The molecule has 0 fully saturated rings. The van der Waals surface area contributed by atoms with Crippen molar-refractivity contribution in [3.8, 4) is 0 Å². The maximum Gasteiger partial charge on any atom is 0.194 e. The number of aromatic nitrogens is 4. The zero-order valence-corrected chi connectivity index (χ0v) is 10.5. The van der Waals surface area contributed by atoms with Crippen LogP contribution in [0.4, 0.5) is 0 Å². The first kappa shape index (κ1) is 12.2. The van der Waals surface area contributed by atoms with Crippen LogP contribution in [-0.2, 0) is 6.61 Å². The molecule has 7 heteroatoms. The number of hydrogen-bond acceptors (Lipinski definition) is 6. The molecule has 0 saturated heterocycles. The molecule has 0 radical (unpaired) electrons. The van der Waals surface area contributed by atoms with Gasteiger partial charge in [-0.25, -0.2) is 19.9 Å². The molecule has 0 bridgehead atoms. The lowest BCUT2D eigenvalue weighted by Gasteiger charge is -2.05. The number of aliphatic hydroxyl groups excluding tert-OH is 1. The van der Waals surface area contributed by atoms with Crippen molar-refractivity contribution < 1.29 is 5.11 Å². The summed E-state index contributed by atoms with van der Waals surface area (Å²) in [6.07, 6.45) is 3.02. The zero-order valence-electron chi connectivity index (χ0n) is 8.96. The normalized spacial score (nSPS) is 10.5. The minimum absolute atomic E-state index is 0.214. The van der Waals surface area contributed by atoms with E-state index < -0.39 is 0 Å². The predicted octanol–water partition coefficient (Wildman–Crippen LogP) is 1.87. The van der Waals surface area contributed by atoms with Gasteiger partial charge in [0.25, 0.3) is 0 Å². The Labute approximate surface area is 107 Å². The Hall–Kier alpha value is -1.24. The molecular formula is C10H9ClN4OS. The highest BCUT2D eigenvalue weighted by atomic mass is 35.5. The lowest BCUT2D eigenvalue weighted by atomic mass is 10.4. The topological polar surface area (TPSA) is 71.8 Å². The van der Waals surface area contributed by atoms with E-state index in [4.69, 9.17) is 11.6 Å². The maximum atomic E-state index is 9.21. The Morgan fingerprint density at radius 3 is 2.88 bits per heavy atom. The van der Waals surface area contributed by atoms with E-state index in [2.05, 4.69) is 19.9 Å². The highest BCUT2D eigenvalue weighted by Gasteiger charge is 2.11. The molecule has 0 aliphatic heterocycles. The van der Waals surface area contributed by atoms with Crippen LogP contribution in [0.15, 0.2) is 28.8 Å². The van der Waals surface area contributed by atoms with E-state index in [1.807, 2.05) is 13.0 Å². The minimum Gasteiger partial charge on any atom is -0.391 e. The van der Waals surface area contributed by atoms with Gasteiger partial charge in [-0.05, 0) is 24.8 Å². The van der Waals surface area contributed by atoms with Crippen molar-refractivity contribution in [3.63, 3.8) is 0 Å². The van der Waals surface area contributed by atoms with Crippen LogP contribution in [0.3, 0.4) is 0 Å². The summed E-state index contributed by atoms with van der Waals surface area (Å²) in [6.45, 7) is 1.67. The smallest absolute Gasteiger partial charge is 0.194 e. The summed E-state index contributed by atoms with van der Waals surface area (Å²) >= 11 is 7.11. The van der Waals surface area contributed by atoms with Crippen molar-refractivity contribution >= 4 is 23.4 Å². The molecule has 5 nitrogen and oxygen atoms in total. The van der Waals surface area contributed by atoms with Gasteiger partial charge in [-0.1, -0.05) is 11.6 Å². The summed E-state index contributed by atoms with van der Waals surface area (Å²) in [6, 6.07) is 1.81. The first-order chi connectivity index (χ1) is 8.20. The molecule has 2 rings (SSSR count). The summed E-state index contributed by atoms with van der Waals surface area (Å²) in [5.41, 5.74) is 1.36. The van der Waals surface area contributed by atoms with Gasteiger partial charge in [-0.3, -0.25) is 0 Å². The van der Waals surface area contributed by atoms with Gasteiger partial charge in [-0.15, -0.1) is 0 Å². The van der Waals surface area contributed by atoms with Crippen molar-refractivity contribution in [3.05, 3.63) is 35.0 Å². The van der Waals surface area contributed by atoms with E-state index in [0.717, 1.165) is 5.69 Å². The second kappa shape index (κ2) is 5.39. The number of aryl methyl sites for hydroxylation is 1. The summed E-state index contributed by atoms with van der Waals surface area (Å²) in [5.74, 6) is 0. The molecule has 2 aromatic rings. The molecule has 0 atom stereocenters. The first-order valence-electron chi connectivity index (χ1n) is 4.78. The fourth-order valence-corrected chi connectivity index (χ4v) is 2.27. The van der Waals surface area contributed by atoms with E-state index in [9.17, 15) is 5.11 Å². The van der Waals surface area contributed by atoms with Crippen LogP contribution in [-0.4, -0.2) is 25.0 Å². The Balaban J connectivity index is 2.33. The molecular weight excluding hydrogens is 260 g/mol. The van der Waals surface area contributed by atoms with Crippen LogP contribution in [0, 0.1) is 6.92 Å². The lowest BCUT2D eigenvalue weighted by Crippen LogP contribution is -1.97. The third kappa shape index (κ3) is 2.91. The van der Waals surface area contributed by atoms with Crippen molar-refractivity contribution in [2.75, 3.05) is 0 Å². The highest BCUT2D eigenvalue weighted by molar-refractivity contribution is 7.99. The fraction of sp³-hybridized carbons (Fsp3) is 0.200. The number of nitrogens with zero attached hydrogens (tertiary/aromatic N) is 4. The van der Waals surface area contributed by atoms with Gasteiger partial charge in [0.05, 0.1) is 6.61 Å². The molecule has 17 heavy (non-hydrogen) atoms. The predicted molar refractivity (Wildman–Crippen MR) is 63.9 cm³/mol. The third-order valence-electron chi connectivity index (χ3n) is 1.97. The first-order valence-corrected chi connectivity index (χ1v) is 5.98. The van der Waals surface area contributed by atoms with Crippen molar-refractivity contribution in [1.29, 1.82) is 0 Å². The van der Waals surface area contributed by atoms with Gasteiger partial charge in [0.1, 0.15) is 16.5 Å². The van der Waals surface area contributed by atoms with Crippen LogP contribution >= 0.6 is 23.4 Å². The Morgan fingerprint density at radius 2 is 2.18 bits per heavy atom. The molecule has 88 valence electrons. The number of hydrogen-bond donors (Lipinski definition) is 1. The average molecular weight is 269 g/mol. The van der Waals surface area contributed by atoms with Gasteiger partial charge in [0.15, 0.2) is 5.16 Å². The molecule has 0 saturated carbocycles. The van der Waals surface area contributed by atoms with Crippen molar-refractivity contribution in [1.82, 2.24) is 19.9 Å². The van der Waals surface area contributed by atoms with Crippen LogP contribution in [0.5, 0.6) is 0 Å². The van der Waals surface area contributed by atoms with E-state index in [0.29, 0.717) is 15.7 Å². The Morgan fingerprint density at radius 1 is 1.35 bits per heavy atom. The monoisotopic (exact) mass is 268 g/mol. The number of halogens is 1. The van der Waals surface area contributed by atoms with Crippen LogP contribution in [0.1, 0.15) is 11.3 Å². The quantitative estimate of drug-likeness (QED) is 0.677. The lowest BCUT2D eigenvalue weighted by molar-refractivity contribution is 0.277. The van der Waals surface area contributed by atoms with Gasteiger partial charge in [0, 0.05) is 17.5 Å². The molecule has 2 heterocycles. The zero-order chi connectivity index (χ0) is 12.3. The molecule has 2 aromatic heterocycles. The maximum absolute atomic E-state index is 9.21. The van der Waals surface area contributed by atoms with E-state index in [-0.39, 0.29) is 11.8 Å². The average Bonchev–Trinajstić information content (AvgIpc) is 2.29. The number of rotatable bonds is 3. The second-order valence-corrected chi connectivity index (χ2v) is 4.50. The summed E-state index contributed by atoms with van der Waals surface area (Å²) in [7, 11) is 0. The standard InChI is InChI=1S/C10H9ClN4OS/c1-6-2-3-12-10(15-6)17-9-7(4-16)8(11)13-5-14-9/h2-3,5,16H,4H2,1H3. The van der Waals surface area contributed by atoms with E-state index >= 15 is 0 Å². The number of aliphatic hydroxyl groups is 1. The Bertz CT molecular complexity index is 537. The molecule has 0 amide bonds. The van der Waals surface area contributed by atoms with E-state index in [1.165, 1.54) is 18.1 Å². The summed E-state index contributed by atoms with van der Waals surface area (Å²) < 4.78 is 0. The molecule has 0 spiro atoms. The summed E-state index contributed by atoms with van der Waals surface area (Å²) in [5, 5.41) is 10.6. The van der Waals surface area contributed by atoms with Gasteiger partial charge in [-0.2, -0.15) is 0 Å². The van der Waals surface area contributed by atoms with E-state index in [1.54, 1.807) is 6.20 Å². The SMILES string of the molecule is Cc1ccnc(Sc2ncnc(Cl)c2CO)n1. The molecule has 0 aromatic carbocycles. The van der Waals surface area contributed by atoms with Crippen LogP contribution in [0.25, 0.3) is 0 Å². The minimum atomic E-state index is -0.214. The molecule has 0 aliphatic carbocycles. The second-order valence-electron chi connectivity index (χ2n) is 3.19. The van der Waals surface area contributed by atoms with Crippen molar-refractivity contribution in [2.45, 2.75) is 23.7 Å². The van der Waals surface area contributed by atoms with Crippen LogP contribution < -0.4 is 0 Å². The summed E-state index contributed by atoms with van der Waals surface area (Å²) in [4.78, 5) is 16.2. The molecule has 0 aliphatic rings. The Kier molecular flexibility index (Phi) is 3.88. The third-order valence-corrected chi connectivity index (χ3v) is 3.22. The molecule has 0 unspecified atom stereocenters. The van der Waals surface area contributed by atoms with Gasteiger partial charge in [0.2, 0.25) is 0 Å². The highest BCUT2D eigenvalue weighted by Crippen LogP contribution is 2.28. The fourth-order valence-electron chi connectivity index (χ4n) is 1.16. The van der Waals surface area contributed by atoms with Crippen molar-refractivity contribution in [2.24, 2.45) is 0 Å². The van der Waals surface area contributed by atoms with Crippen LogP contribution in [0.2, 0.25) is 5.15 Å². The largest absolute Gasteiger partial charge is 0.391 e. The van der Waals surface area contributed by atoms with Gasteiger partial charge >= 0.3 is 0 Å². The molecule has 1 N–H and O–H groups in total. The van der Waals surface area contributed by atoms with Gasteiger partial charge < -0.3 is 5.11 Å².